The standard InChI is InChI=1S/C99H158O48/c1-14-37(2)50(134-58(108)27-45(105)26-51-38(3)15-16-46-60(110)39(4)130-86(64(46)114)144-80-66(116)53(33-102)137-90(80)135-51)25-44(104)28-59(109)139-77-62(112)41(6)132-91(81(77)145-88-72(122)69(119)75(42(7)133-88)140-85-74(124)76(49(106)35-129-85)141-84-63(113)43(31-100)34-128-84)147-93(127)99-24-23-94(8,9)29-48(99)47-17-18-55-95(10)21-20-57(96(11,36-103)54(95)19-22-97(55,12)98(47,13)30-56(99)107)138-92-82(146-89-71(121)68(118)65(115)52(32-101)136-89)78(73(123)79(143-92)83(125)126)142-87-70(120)67(117)61(111)40(5)131-87/h17,36-46,48-57,60-82,84-92,100-102,104-107,110-124H,14-16,18-35H2,1-13H3,(H,125,126)/t37-,38-,39-,40-,41+,42-,43-,44-,45-,46+,48-,49+,50-,51-,52+,53-,54+,55+,56+,57-,60-,61-,62-,63+,64+,65-,66-,67+,68-,69-,70+,71+,72+,73-,74+,75-,76-,77-,78-,79-,80+,81+,82+,84-,85-,86-,87-,88-,89-,90+,91-,92+,95-,96-,97+,98+,99+/m0/s1. The van der Waals surface area contributed by atoms with E-state index < -0.39 is 414 Å². The number of allylic oxidation sites excluding steroid dienone is 2. The molecule has 0 aromatic rings. The van der Waals surface area contributed by atoms with Crippen molar-refractivity contribution in [3.05, 3.63) is 11.6 Å². The predicted molar refractivity (Wildman–Crippen MR) is 489 cm³/mol. The lowest BCUT2D eigenvalue weighted by molar-refractivity contribution is -0.394. The van der Waals surface area contributed by atoms with E-state index in [0.717, 1.165) is 11.9 Å². The van der Waals surface area contributed by atoms with Gasteiger partial charge in [-0.3, -0.25) is 14.4 Å². The quantitative estimate of drug-likeness (QED) is 0.0102. The Morgan fingerprint density at radius 3 is 1.71 bits per heavy atom. The molecule has 0 aromatic carbocycles. The number of carboxylic acids is 1. The zero-order chi connectivity index (χ0) is 107. The number of ether oxygens (including phenoxy) is 20. The van der Waals surface area contributed by atoms with Crippen molar-refractivity contribution in [3.8, 4) is 0 Å². The molecule has 48 nitrogen and oxygen atoms in total. The number of carbonyl (C=O) groups is 5. The van der Waals surface area contributed by atoms with Crippen LogP contribution in [-0.2, 0) is 119 Å². The first kappa shape index (κ1) is 117. The van der Waals surface area contributed by atoms with E-state index in [-0.39, 0.29) is 51.0 Å². The van der Waals surface area contributed by atoms with Crippen molar-refractivity contribution in [3.63, 3.8) is 0 Å². The highest BCUT2D eigenvalue weighted by Crippen LogP contribution is 2.76. The topological polar surface area (TPSA) is 735 Å². The molecule has 0 aromatic heterocycles. The molecular weight excluding hydrogens is 1960 g/mol. The minimum Gasteiger partial charge on any atom is -0.479 e. The fourth-order valence-electron chi connectivity index (χ4n) is 26.6. The van der Waals surface area contributed by atoms with E-state index in [0.29, 0.717) is 44.9 Å². The first-order valence-electron chi connectivity index (χ1n) is 52.0. The monoisotopic (exact) mass is 2110 g/mol. The molecule has 842 valence electrons. The van der Waals surface area contributed by atoms with Crippen LogP contribution >= 0.6 is 0 Å². The molecule has 57 atom stereocenters. The lowest BCUT2D eigenvalue weighted by Gasteiger charge is -2.71. The number of hydrogen-bond donors (Lipinski definition) is 23. The van der Waals surface area contributed by atoms with Gasteiger partial charge < -0.3 is 217 Å². The van der Waals surface area contributed by atoms with Gasteiger partial charge in [-0.2, -0.15) is 0 Å². The van der Waals surface area contributed by atoms with Crippen molar-refractivity contribution in [2.75, 3.05) is 33.0 Å². The number of aliphatic hydroxyl groups is 22. The molecule has 0 radical (unpaired) electrons. The second-order valence-electron chi connectivity index (χ2n) is 45.9. The van der Waals surface area contributed by atoms with Crippen molar-refractivity contribution < 1.29 is 236 Å². The van der Waals surface area contributed by atoms with E-state index in [4.69, 9.17) is 94.7 Å². The number of carboxylic acid groups (broad SMARTS) is 1. The highest BCUT2D eigenvalue weighted by molar-refractivity contribution is 5.80. The lowest BCUT2D eigenvalue weighted by atomic mass is 9.33. The largest absolute Gasteiger partial charge is 0.479 e. The van der Waals surface area contributed by atoms with E-state index in [1.165, 1.54) is 20.8 Å². The third-order valence-electron chi connectivity index (χ3n) is 36.1. The minimum absolute atomic E-state index is 0.00247. The van der Waals surface area contributed by atoms with Crippen LogP contribution in [0.3, 0.4) is 0 Å². The SMILES string of the molecule is CC[C@H](C)[C@H](C[C@H](O)CC(=O)O[C@H]1[C@@H](O)[C@@H](C)O[C@@H](OC(=O)[C@]23CCC(C)(C)C[C@H]2C2=CC[C@@H]4[C@@]5(C)CC[C@H](O[C@@H]6O[C@H](C(=O)O)[C@@H](O)[C@H](O[C@@H]7O[C@@H](C)[C@H](O)[C@@H](O)[C@H]7O)[C@H]6O[C@@H]6O[C@H](CO)[C@H](O)[C@H](O)[C@H]6O)[C@@](C)(C=O)[C@@H]5CC[C@@]4(C)[C@]2(C)C[C@H]3O)[C@@H]1O[C@@H]1O[C@@H](C)[C@H](O[C@@H]2OC[C@@H](O)[C@H](O[C@@H]3OC[C@H](CO)[C@H]3O)[C@H]2O)[C@@H](O)[C@H]1O)OC(=O)C[C@@H](O)C[C@@H]1O[C@@H]2O[C@@H](CO)[C@H](O)[C@H]2O[C@@H]2O[C@@H](C)[C@H](O)[C@@H](CC[C@@H]1C)[C@H]2O. The van der Waals surface area contributed by atoms with Crippen LogP contribution in [0.2, 0.25) is 0 Å². The number of hydrogen-bond acceptors (Lipinski definition) is 47. The number of aliphatic carboxylic acids is 1. The van der Waals surface area contributed by atoms with Gasteiger partial charge in [-0.1, -0.05) is 80.4 Å². The summed E-state index contributed by atoms with van der Waals surface area (Å²) in [5.74, 6) is -9.23. The molecule has 14 fully saturated rings. The normalized spacial score (nSPS) is 50.8. The maximum absolute atomic E-state index is 16.6. The highest BCUT2D eigenvalue weighted by atomic mass is 16.8. The Balaban J connectivity index is 0.681. The molecule has 48 heteroatoms. The zero-order valence-corrected chi connectivity index (χ0v) is 85.0. The van der Waals surface area contributed by atoms with E-state index in [1.807, 2.05) is 13.8 Å². The number of fused-ring (bicyclic) bond motifs is 10. The number of carbonyl (C=O) groups excluding carboxylic acids is 4. The molecule has 2 bridgehead atoms. The summed E-state index contributed by atoms with van der Waals surface area (Å²) < 4.78 is 123. The molecule has 0 amide bonds. The molecule has 10 heterocycles. The van der Waals surface area contributed by atoms with Gasteiger partial charge >= 0.3 is 23.9 Å². The van der Waals surface area contributed by atoms with Crippen molar-refractivity contribution in [2.45, 2.75) is 469 Å². The highest BCUT2D eigenvalue weighted by Gasteiger charge is 2.74. The molecule has 23 N–H and O–H groups in total. The van der Waals surface area contributed by atoms with Crippen LogP contribution in [-0.4, -0.2) is 457 Å². The van der Waals surface area contributed by atoms with Crippen LogP contribution < -0.4 is 0 Å². The fourth-order valence-corrected chi connectivity index (χ4v) is 26.6. The van der Waals surface area contributed by atoms with E-state index in [9.17, 15) is 137 Å². The summed E-state index contributed by atoms with van der Waals surface area (Å²) in [6.45, 7) is 20.2. The molecule has 4 saturated carbocycles. The van der Waals surface area contributed by atoms with Gasteiger partial charge in [0, 0.05) is 24.7 Å². The smallest absolute Gasteiger partial charge is 0.335 e. The van der Waals surface area contributed by atoms with Crippen LogP contribution in [0, 0.1) is 73.9 Å². The fraction of sp³-hybridized carbons (Fsp3) is 0.929. The Morgan fingerprint density at radius 1 is 0.476 bits per heavy atom. The summed E-state index contributed by atoms with van der Waals surface area (Å²) in [6, 6.07) is 0. The van der Waals surface area contributed by atoms with Crippen molar-refractivity contribution in [1.82, 2.24) is 0 Å². The van der Waals surface area contributed by atoms with Gasteiger partial charge in [-0.05, 0) is 150 Å². The summed E-state index contributed by atoms with van der Waals surface area (Å²) in [7, 11) is 0. The summed E-state index contributed by atoms with van der Waals surface area (Å²) in [5.41, 5.74) is -5.65. The van der Waals surface area contributed by atoms with Crippen LogP contribution in [0.25, 0.3) is 0 Å². The first-order chi connectivity index (χ1) is 69.2. The minimum atomic E-state index is -2.28. The van der Waals surface area contributed by atoms with Gasteiger partial charge in [0.05, 0.1) is 112 Å². The van der Waals surface area contributed by atoms with Gasteiger partial charge in [0.25, 0.3) is 0 Å². The molecule has 10 aliphatic heterocycles. The molecule has 10 saturated heterocycles. The number of aldehydes is 1. The molecule has 0 unspecified atom stereocenters. The Morgan fingerprint density at radius 2 is 1.06 bits per heavy atom. The lowest BCUT2D eigenvalue weighted by Crippen LogP contribution is -2.69. The van der Waals surface area contributed by atoms with E-state index >= 15 is 4.79 Å². The summed E-state index contributed by atoms with van der Waals surface area (Å²) in [4.78, 5) is 73.4. The van der Waals surface area contributed by atoms with Gasteiger partial charge in [0.1, 0.15) is 152 Å². The molecular formula is C99H158O48. The Labute approximate surface area is 850 Å². The third kappa shape index (κ3) is 22.5. The van der Waals surface area contributed by atoms with Crippen LogP contribution in [0.5, 0.6) is 0 Å². The van der Waals surface area contributed by atoms with Gasteiger partial charge in [-0.15, -0.1) is 0 Å². The van der Waals surface area contributed by atoms with E-state index in [2.05, 4.69) is 26.8 Å². The van der Waals surface area contributed by atoms with Crippen LogP contribution in [0.1, 0.15) is 193 Å². The summed E-state index contributed by atoms with van der Waals surface area (Å²) in [5, 5.41) is 261. The molecule has 0 spiro atoms. The maximum atomic E-state index is 16.6. The molecule has 15 aliphatic rings. The van der Waals surface area contributed by atoms with Crippen molar-refractivity contribution in [2.24, 2.45) is 73.9 Å². The second-order valence-corrected chi connectivity index (χ2v) is 45.9. The van der Waals surface area contributed by atoms with Crippen LogP contribution in [0.15, 0.2) is 11.6 Å². The summed E-state index contributed by atoms with van der Waals surface area (Å²) in [6.07, 6.45) is -72.3. The Bertz CT molecular complexity index is 4430. The zero-order valence-electron chi connectivity index (χ0n) is 85.0. The van der Waals surface area contributed by atoms with E-state index in [1.54, 1.807) is 34.6 Å². The van der Waals surface area contributed by atoms with Crippen molar-refractivity contribution in [1.29, 1.82) is 0 Å². The number of aliphatic hydroxyl groups excluding tert-OH is 22. The first-order valence-corrected chi connectivity index (χ1v) is 52.0. The number of esters is 3. The van der Waals surface area contributed by atoms with Gasteiger partial charge in [-0.25, -0.2) is 4.79 Å². The average molecular weight is 2120 g/mol. The Kier molecular flexibility index (Phi) is 36.9. The van der Waals surface area contributed by atoms with Crippen molar-refractivity contribution >= 4 is 30.2 Å². The maximum Gasteiger partial charge on any atom is 0.335 e. The van der Waals surface area contributed by atoms with Gasteiger partial charge in [0.2, 0.25) is 6.29 Å². The van der Waals surface area contributed by atoms with Gasteiger partial charge in [0.15, 0.2) is 68.6 Å². The number of rotatable bonds is 31. The second kappa shape index (κ2) is 46.5. The van der Waals surface area contributed by atoms with Crippen LogP contribution in [0.4, 0.5) is 0 Å². The average Bonchev–Trinajstić information content (AvgIpc) is 1.22. The third-order valence-corrected chi connectivity index (χ3v) is 36.1. The predicted octanol–water partition coefficient (Wildman–Crippen LogP) is -4.92. The Hall–Kier alpha value is -4.27. The summed E-state index contributed by atoms with van der Waals surface area (Å²) >= 11 is 0. The molecule has 147 heavy (non-hydrogen) atoms. The molecule has 15 rings (SSSR count). The molecule has 5 aliphatic carbocycles.